The summed E-state index contributed by atoms with van der Waals surface area (Å²) in [6.45, 7) is 3.50. The van der Waals surface area contributed by atoms with Crippen molar-refractivity contribution in [3.63, 3.8) is 0 Å². The summed E-state index contributed by atoms with van der Waals surface area (Å²) in [6.07, 6.45) is 3.77. The highest BCUT2D eigenvalue weighted by molar-refractivity contribution is 9.10. The van der Waals surface area contributed by atoms with Crippen molar-refractivity contribution in [3.8, 4) is 0 Å². The molecule has 1 saturated heterocycles. The minimum atomic E-state index is -0.149. The van der Waals surface area contributed by atoms with E-state index in [1.54, 1.807) is 11.3 Å². The van der Waals surface area contributed by atoms with E-state index < -0.39 is 0 Å². The minimum Gasteiger partial charge on any atom is -0.336 e. The zero-order valence-electron chi connectivity index (χ0n) is 10.6. The lowest BCUT2D eigenvalue weighted by molar-refractivity contribution is -0.138. The third-order valence-electron chi connectivity index (χ3n) is 3.69. The van der Waals surface area contributed by atoms with Gasteiger partial charge in [-0.2, -0.15) is 0 Å². The van der Waals surface area contributed by atoms with Crippen LogP contribution in [0.2, 0.25) is 0 Å². The summed E-state index contributed by atoms with van der Waals surface area (Å²) >= 11 is 5.04. The van der Waals surface area contributed by atoms with E-state index in [9.17, 15) is 4.79 Å². The second-order valence-electron chi connectivity index (χ2n) is 5.11. The first kappa shape index (κ1) is 14.0. The quantitative estimate of drug-likeness (QED) is 0.926. The van der Waals surface area contributed by atoms with Gasteiger partial charge >= 0.3 is 0 Å². The molecule has 0 spiro atoms. The van der Waals surface area contributed by atoms with Crippen molar-refractivity contribution >= 4 is 33.2 Å². The van der Waals surface area contributed by atoms with Gasteiger partial charge in [0.1, 0.15) is 0 Å². The van der Waals surface area contributed by atoms with E-state index in [-0.39, 0.29) is 11.4 Å². The number of thiophene rings is 1. The first-order valence-corrected chi connectivity index (χ1v) is 7.96. The summed E-state index contributed by atoms with van der Waals surface area (Å²) in [5.41, 5.74) is 5.72. The first-order chi connectivity index (χ1) is 8.55. The SMILES string of the molecule is CC1(CN)CCCCN1C(=O)Cc1cc(Br)cs1. The zero-order chi connectivity index (χ0) is 13.2. The van der Waals surface area contributed by atoms with Crippen molar-refractivity contribution in [2.45, 2.75) is 38.1 Å². The normalized spacial score (nSPS) is 24.3. The Labute approximate surface area is 120 Å². The van der Waals surface area contributed by atoms with Gasteiger partial charge in [-0.05, 0) is 48.2 Å². The van der Waals surface area contributed by atoms with Crippen LogP contribution < -0.4 is 5.73 Å². The Morgan fingerprint density at radius 1 is 1.61 bits per heavy atom. The van der Waals surface area contributed by atoms with Crippen LogP contribution in [0.3, 0.4) is 0 Å². The van der Waals surface area contributed by atoms with Crippen LogP contribution >= 0.6 is 27.3 Å². The molecular weight excluding hydrogens is 312 g/mol. The van der Waals surface area contributed by atoms with E-state index in [0.717, 1.165) is 28.7 Å². The van der Waals surface area contributed by atoms with Gasteiger partial charge in [-0.1, -0.05) is 0 Å². The molecule has 1 aliphatic heterocycles. The number of carbonyl (C=O) groups is 1. The number of likely N-dealkylation sites (tertiary alicyclic amines) is 1. The van der Waals surface area contributed by atoms with Crippen LogP contribution in [0.15, 0.2) is 15.9 Å². The molecule has 0 aliphatic carbocycles. The Morgan fingerprint density at radius 3 is 3.00 bits per heavy atom. The van der Waals surface area contributed by atoms with E-state index in [1.165, 1.54) is 6.42 Å². The van der Waals surface area contributed by atoms with Gasteiger partial charge < -0.3 is 10.6 Å². The molecular formula is C13H19BrN2OS. The van der Waals surface area contributed by atoms with Crippen molar-refractivity contribution in [3.05, 3.63) is 20.8 Å². The number of nitrogens with two attached hydrogens (primary N) is 1. The maximum Gasteiger partial charge on any atom is 0.228 e. The van der Waals surface area contributed by atoms with E-state index in [2.05, 4.69) is 22.9 Å². The van der Waals surface area contributed by atoms with Crippen LogP contribution in [0.4, 0.5) is 0 Å². The molecule has 1 amide bonds. The van der Waals surface area contributed by atoms with Crippen molar-refractivity contribution in [1.29, 1.82) is 0 Å². The molecule has 1 unspecified atom stereocenters. The summed E-state index contributed by atoms with van der Waals surface area (Å²) in [7, 11) is 0. The zero-order valence-corrected chi connectivity index (χ0v) is 13.0. The lowest BCUT2D eigenvalue weighted by Gasteiger charge is -2.44. The number of rotatable bonds is 3. The largest absolute Gasteiger partial charge is 0.336 e. The van der Waals surface area contributed by atoms with Crippen LogP contribution in [-0.2, 0) is 11.2 Å². The molecule has 18 heavy (non-hydrogen) atoms. The monoisotopic (exact) mass is 330 g/mol. The molecule has 0 bridgehead atoms. The van der Waals surface area contributed by atoms with Gasteiger partial charge in [0.05, 0.1) is 12.0 Å². The molecule has 1 atom stereocenters. The number of amides is 1. The molecule has 2 heterocycles. The molecule has 0 aromatic carbocycles. The Kier molecular flexibility index (Phi) is 4.45. The fraction of sp³-hybridized carbons (Fsp3) is 0.615. The fourth-order valence-electron chi connectivity index (χ4n) is 2.51. The predicted molar refractivity (Wildman–Crippen MR) is 78.7 cm³/mol. The topological polar surface area (TPSA) is 46.3 Å². The second kappa shape index (κ2) is 5.72. The van der Waals surface area contributed by atoms with Gasteiger partial charge in [-0.25, -0.2) is 0 Å². The van der Waals surface area contributed by atoms with E-state index >= 15 is 0 Å². The fourth-order valence-corrected chi connectivity index (χ4v) is 3.95. The van der Waals surface area contributed by atoms with Crippen LogP contribution in [0.25, 0.3) is 0 Å². The first-order valence-electron chi connectivity index (χ1n) is 6.28. The molecule has 1 aromatic heterocycles. The molecule has 0 saturated carbocycles. The highest BCUT2D eigenvalue weighted by Gasteiger charge is 2.36. The van der Waals surface area contributed by atoms with Gasteiger partial charge in [0.15, 0.2) is 0 Å². The molecule has 1 aliphatic rings. The van der Waals surface area contributed by atoms with Gasteiger partial charge in [-0.3, -0.25) is 4.79 Å². The van der Waals surface area contributed by atoms with E-state index in [4.69, 9.17) is 5.73 Å². The maximum absolute atomic E-state index is 12.4. The Bertz CT molecular complexity index is 434. The maximum atomic E-state index is 12.4. The Morgan fingerprint density at radius 2 is 2.39 bits per heavy atom. The number of hydrogen-bond acceptors (Lipinski definition) is 3. The van der Waals surface area contributed by atoms with Crippen molar-refractivity contribution < 1.29 is 4.79 Å². The number of nitrogens with zero attached hydrogens (tertiary/aromatic N) is 1. The van der Waals surface area contributed by atoms with Gasteiger partial charge in [0.2, 0.25) is 5.91 Å². The average Bonchev–Trinajstić information content (AvgIpc) is 2.75. The standard InChI is InChI=1S/C13H19BrN2OS/c1-13(9-15)4-2-3-5-16(13)12(17)7-11-6-10(14)8-18-11/h6,8H,2-5,7,9,15H2,1H3. The molecule has 2 rings (SSSR count). The molecule has 5 heteroatoms. The second-order valence-corrected chi connectivity index (χ2v) is 7.02. The molecule has 1 fully saturated rings. The molecule has 2 N–H and O–H groups in total. The summed E-state index contributed by atoms with van der Waals surface area (Å²) in [4.78, 5) is 15.5. The third-order valence-corrected chi connectivity index (χ3v) is 5.38. The molecule has 0 radical (unpaired) electrons. The number of halogens is 1. The molecule has 100 valence electrons. The van der Waals surface area contributed by atoms with E-state index in [1.807, 2.05) is 16.3 Å². The van der Waals surface area contributed by atoms with Crippen LogP contribution in [0, 0.1) is 0 Å². The van der Waals surface area contributed by atoms with Crippen molar-refractivity contribution in [2.24, 2.45) is 5.73 Å². The summed E-state index contributed by atoms with van der Waals surface area (Å²) in [5, 5.41) is 2.01. The number of piperidine rings is 1. The lowest BCUT2D eigenvalue weighted by atomic mass is 9.88. The van der Waals surface area contributed by atoms with Crippen LogP contribution in [0.5, 0.6) is 0 Å². The van der Waals surface area contributed by atoms with E-state index in [0.29, 0.717) is 13.0 Å². The van der Waals surface area contributed by atoms with Crippen LogP contribution in [0.1, 0.15) is 31.1 Å². The average molecular weight is 331 g/mol. The number of hydrogen-bond donors (Lipinski definition) is 1. The minimum absolute atomic E-state index is 0.149. The predicted octanol–water partition coefficient (Wildman–Crippen LogP) is 2.78. The summed E-state index contributed by atoms with van der Waals surface area (Å²) in [6, 6.07) is 2.02. The number of carbonyl (C=O) groups excluding carboxylic acids is 1. The van der Waals surface area contributed by atoms with Crippen molar-refractivity contribution in [1.82, 2.24) is 4.90 Å². The smallest absolute Gasteiger partial charge is 0.228 e. The van der Waals surface area contributed by atoms with Gasteiger partial charge in [-0.15, -0.1) is 11.3 Å². The lowest BCUT2D eigenvalue weighted by Crippen LogP contribution is -2.57. The Balaban J connectivity index is 2.07. The summed E-state index contributed by atoms with van der Waals surface area (Å²) in [5.74, 6) is 0.206. The molecule has 1 aromatic rings. The Hall–Kier alpha value is -0.390. The highest BCUT2D eigenvalue weighted by atomic mass is 79.9. The molecule has 3 nitrogen and oxygen atoms in total. The van der Waals surface area contributed by atoms with Gasteiger partial charge in [0, 0.05) is 27.8 Å². The third kappa shape index (κ3) is 2.95. The highest BCUT2D eigenvalue weighted by Crippen LogP contribution is 2.28. The van der Waals surface area contributed by atoms with Crippen LogP contribution in [-0.4, -0.2) is 29.4 Å². The van der Waals surface area contributed by atoms with Crippen molar-refractivity contribution in [2.75, 3.05) is 13.1 Å². The summed E-state index contributed by atoms with van der Waals surface area (Å²) < 4.78 is 1.05. The van der Waals surface area contributed by atoms with Gasteiger partial charge in [0.25, 0.3) is 0 Å².